The molecule has 3 heterocycles. The number of amides is 1. The molecule has 7 nitrogen and oxygen atoms in total. The Morgan fingerprint density at radius 3 is 3.00 bits per heavy atom. The summed E-state index contributed by atoms with van der Waals surface area (Å²) < 4.78 is 8.26. The predicted octanol–water partition coefficient (Wildman–Crippen LogP) is 1.16. The number of aryl methyl sites for hydroxylation is 1. The molecule has 7 heteroatoms. The second-order valence-corrected chi connectivity index (χ2v) is 5.20. The molecule has 0 bridgehead atoms. The number of carbonyl (C=O) groups excluding carboxylic acids is 1. The van der Waals surface area contributed by atoms with Crippen LogP contribution in [0.3, 0.4) is 0 Å². The van der Waals surface area contributed by atoms with Gasteiger partial charge in [0.25, 0.3) is 5.56 Å². The number of nitrogens with one attached hydrogen (secondary N) is 1. The molecule has 1 amide bonds. The summed E-state index contributed by atoms with van der Waals surface area (Å²) in [6.45, 7) is 4.04. The van der Waals surface area contributed by atoms with Gasteiger partial charge in [-0.3, -0.25) is 14.0 Å². The topological polar surface area (TPSA) is 81.5 Å². The van der Waals surface area contributed by atoms with Gasteiger partial charge < -0.3 is 9.73 Å². The van der Waals surface area contributed by atoms with Gasteiger partial charge in [0.2, 0.25) is 5.91 Å². The fourth-order valence-electron chi connectivity index (χ4n) is 2.29. The van der Waals surface area contributed by atoms with Gasteiger partial charge in [-0.15, -0.1) is 0 Å². The Bertz CT molecular complexity index is 856. The monoisotopic (exact) mass is 288 g/mol. The first-order valence-electron chi connectivity index (χ1n) is 6.80. The number of fused-ring (bicyclic) bond motifs is 3. The van der Waals surface area contributed by atoms with Gasteiger partial charge in [0.1, 0.15) is 11.8 Å². The van der Waals surface area contributed by atoms with E-state index in [0.717, 1.165) is 5.52 Å². The van der Waals surface area contributed by atoms with Crippen molar-refractivity contribution in [3.63, 3.8) is 0 Å². The molecule has 3 aromatic rings. The fourth-order valence-corrected chi connectivity index (χ4v) is 2.29. The molecule has 0 atom stereocenters. The number of nitrogens with zero attached hydrogens (tertiary/aromatic N) is 3. The van der Waals surface area contributed by atoms with E-state index in [9.17, 15) is 9.59 Å². The Morgan fingerprint density at radius 2 is 2.24 bits per heavy atom. The van der Waals surface area contributed by atoms with Gasteiger partial charge in [0.05, 0.1) is 18.3 Å². The average molecular weight is 288 g/mol. The van der Waals surface area contributed by atoms with Crippen LogP contribution >= 0.6 is 0 Å². The molecule has 3 aromatic heterocycles. The maximum atomic E-state index is 12.3. The second kappa shape index (κ2) is 5.08. The molecule has 21 heavy (non-hydrogen) atoms. The highest BCUT2D eigenvalue weighted by Crippen LogP contribution is 2.18. The molecule has 0 spiro atoms. The first kappa shape index (κ1) is 13.4. The second-order valence-electron chi connectivity index (χ2n) is 5.20. The summed E-state index contributed by atoms with van der Waals surface area (Å²) in [5, 5.41) is 6.89. The van der Waals surface area contributed by atoms with E-state index in [2.05, 4.69) is 10.4 Å². The van der Waals surface area contributed by atoms with Crippen molar-refractivity contribution in [2.45, 2.75) is 32.9 Å². The van der Waals surface area contributed by atoms with Gasteiger partial charge in [-0.25, -0.2) is 4.68 Å². The van der Waals surface area contributed by atoms with E-state index in [-0.39, 0.29) is 30.5 Å². The van der Waals surface area contributed by atoms with Crippen molar-refractivity contribution in [1.82, 2.24) is 19.5 Å². The largest absolute Gasteiger partial charge is 0.463 e. The molecule has 110 valence electrons. The van der Waals surface area contributed by atoms with Crippen molar-refractivity contribution in [3.05, 3.63) is 35.1 Å². The highest BCUT2D eigenvalue weighted by Gasteiger charge is 2.11. The van der Waals surface area contributed by atoms with E-state index >= 15 is 0 Å². The minimum Gasteiger partial charge on any atom is -0.463 e. The molecule has 0 aliphatic carbocycles. The normalized spacial score (nSPS) is 11.6. The number of aromatic nitrogens is 3. The van der Waals surface area contributed by atoms with E-state index in [0.29, 0.717) is 11.1 Å². The third-order valence-corrected chi connectivity index (χ3v) is 3.22. The molecule has 0 aromatic carbocycles. The molecule has 3 rings (SSSR count). The van der Waals surface area contributed by atoms with Crippen LogP contribution in [-0.2, 0) is 11.3 Å². The predicted molar refractivity (Wildman–Crippen MR) is 77.1 cm³/mol. The van der Waals surface area contributed by atoms with Crippen LogP contribution in [0, 0.1) is 0 Å². The third-order valence-electron chi connectivity index (χ3n) is 3.22. The Labute approximate surface area is 120 Å². The molecule has 0 radical (unpaired) electrons. The van der Waals surface area contributed by atoms with Crippen LogP contribution in [0.1, 0.15) is 20.3 Å². The molecular weight excluding hydrogens is 272 g/mol. The summed E-state index contributed by atoms with van der Waals surface area (Å²) in [7, 11) is 0. The molecule has 1 N–H and O–H groups in total. The third kappa shape index (κ3) is 2.42. The Balaban J connectivity index is 1.88. The number of carbonyl (C=O) groups is 1. The lowest BCUT2D eigenvalue weighted by Gasteiger charge is -2.09. The van der Waals surface area contributed by atoms with Crippen molar-refractivity contribution < 1.29 is 9.21 Å². The number of furan rings is 1. The molecule has 0 fully saturated rings. The lowest BCUT2D eigenvalue weighted by molar-refractivity contribution is -0.121. The summed E-state index contributed by atoms with van der Waals surface area (Å²) in [5.41, 5.74) is 1.70. The number of hydrogen-bond donors (Lipinski definition) is 1. The van der Waals surface area contributed by atoms with Gasteiger partial charge >= 0.3 is 0 Å². The summed E-state index contributed by atoms with van der Waals surface area (Å²) in [6, 6.07) is 3.55. The van der Waals surface area contributed by atoms with Crippen LogP contribution < -0.4 is 10.9 Å². The summed E-state index contributed by atoms with van der Waals surface area (Å²) >= 11 is 0. The minimum atomic E-state index is -0.235. The fraction of sp³-hybridized carbons (Fsp3) is 0.357. The van der Waals surface area contributed by atoms with E-state index < -0.39 is 0 Å². The zero-order valence-corrected chi connectivity index (χ0v) is 11.9. The van der Waals surface area contributed by atoms with E-state index in [4.69, 9.17) is 4.42 Å². The first-order valence-corrected chi connectivity index (χ1v) is 6.80. The summed E-state index contributed by atoms with van der Waals surface area (Å²) in [6.07, 6.45) is 3.35. The summed E-state index contributed by atoms with van der Waals surface area (Å²) in [5.74, 6) is -0.0947. The Morgan fingerprint density at radius 1 is 1.43 bits per heavy atom. The van der Waals surface area contributed by atoms with Crippen molar-refractivity contribution in [2.75, 3.05) is 0 Å². The first-order chi connectivity index (χ1) is 10.1. The van der Waals surface area contributed by atoms with E-state index in [1.54, 1.807) is 29.1 Å². The molecule has 0 unspecified atom stereocenters. The van der Waals surface area contributed by atoms with E-state index in [1.165, 1.54) is 4.68 Å². The zero-order chi connectivity index (χ0) is 15.0. The van der Waals surface area contributed by atoms with Gasteiger partial charge in [-0.2, -0.15) is 5.10 Å². The highest BCUT2D eigenvalue weighted by molar-refractivity contribution is 5.81. The van der Waals surface area contributed by atoms with E-state index in [1.807, 2.05) is 13.8 Å². The SMILES string of the molecule is CC(C)NC(=O)CCn1ncn2c(cc3occc32)c1=O. The van der Waals surface area contributed by atoms with Crippen molar-refractivity contribution in [1.29, 1.82) is 0 Å². The van der Waals surface area contributed by atoms with Crippen molar-refractivity contribution in [2.24, 2.45) is 0 Å². The van der Waals surface area contributed by atoms with Crippen LogP contribution in [0.4, 0.5) is 0 Å². The van der Waals surface area contributed by atoms with Crippen molar-refractivity contribution >= 4 is 22.5 Å². The maximum absolute atomic E-state index is 12.3. The smallest absolute Gasteiger partial charge is 0.291 e. The summed E-state index contributed by atoms with van der Waals surface area (Å²) in [4.78, 5) is 24.0. The maximum Gasteiger partial charge on any atom is 0.291 e. The molecule has 0 aliphatic heterocycles. The zero-order valence-electron chi connectivity index (χ0n) is 11.9. The van der Waals surface area contributed by atoms with Crippen LogP contribution in [-0.4, -0.2) is 26.1 Å². The van der Waals surface area contributed by atoms with Gasteiger partial charge in [0.15, 0.2) is 5.58 Å². The Hall–Kier alpha value is -2.57. The highest BCUT2D eigenvalue weighted by atomic mass is 16.3. The van der Waals surface area contributed by atoms with Crippen LogP contribution in [0.2, 0.25) is 0 Å². The van der Waals surface area contributed by atoms with Gasteiger partial charge in [-0.05, 0) is 13.8 Å². The van der Waals surface area contributed by atoms with Crippen LogP contribution in [0.25, 0.3) is 16.6 Å². The van der Waals surface area contributed by atoms with Gasteiger partial charge in [-0.1, -0.05) is 0 Å². The quantitative estimate of drug-likeness (QED) is 0.781. The standard InChI is InChI=1S/C14H16N4O3/c1-9(2)16-13(19)3-5-18-14(20)11-7-12-10(4-6-21-12)17(11)8-15-18/h4,6-9H,3,5H2,1-2H3,(H,16,19). The molecule has 0 saturated carbocycles. The number of rotatable bonds is 4. The van der Waals surface area contributed by atoms with Crippen molar-refractivity contribution in [3.8, 4) is 0 Å². The number of hydrogen-bond acceptors (Lipinski definition) is 4. The van der Waals surface area contributed by atoms with Gasteiger partial charge in [0, 0.05) is 24.6 Å². The molecule has 0 saturated heterocycles. The van der Waals surface area contributed by atoms with Crippen LogP contribution in [0.5, 0.6) is 0 Å². The average Bonchev–Trinajstić information content (AvgIpc) is 2.98. The lowest BCUT2D eigenvalue weighted by atomic mass is 10.3. The lowest BCUT2D eigenvalue weighted by Crippen LogP contribution is -2.32. The van der Waals surface area contributed by atoms with Crippen LogP contribution in [0.15, 0.2) is 33.9 Å². The Kier molecular flexibility index (Phi) is 3.25. The minimum absolute atomic E-state index is 0.0854. The molecular formula is C14H16N4O3. The molecule has 0 aliphatic rings.